The molecule has 2 aromatic carbocycles. The van der Waals surface area contributed by atoms with Gasteiger partial charge in [0.25, 0.3) is 0 Å². The van der Waals surface area contributed by atoms with E-state index in [4.69, 9.17) is 4.74 Å². The zero-order valence-corrected chi connectivity index (χ0v) is 19.3. The maximum absolute atomic E-state index is 13.9. The van der Waals surface area contributed by atoms with Crippen molar-refractivity contribution in [3.63, 3.8) is 0 Å². The Bertz CT molecular complexity index is 1340. The molecule has 1 saturated heterocycles. The predicted molar refractivity (Wildman–Crippen MR) is 128 cm³/mol. The molecule has 3 aliphatic rings. The fourth-order valence-corrected chi connectivity index (χ4v) is 5.69. The van der Waals surface area contributed by atoms with Crippen LogP contribution in [0.4, 0.5) is 30.2 Å². The molecule has 0 amide bonds. The number of hydrogen-bond donors (Lipinski definition) is 0. The summed E-state index contributed by atoms with van der Waals surface area (Å²) < 4.78 is 48.4. The third-order valence-corrected chi connectivity index (χ3v) is 7.65. The Balaban J connectivity index is 1.53. The SMILES string of the molecule is CN1c2cc(N3CCCC3)ccc2C(C)(C)C12C=Nc1c(C(F)(F)F)cc3ncccc3c1O2. The predicted octanol–water partition coefficient (Wildman–Crippen LogP) is 6.07. The lowest BCUT2D eigenvalue weighted by Crippen LogP contribution is -2.61. The molecule has 3 aliphatic heterocycles. The Morgan fingerprint density at radius 3 is 2.56 bits per heavy atom. The van der Waals surface area contributed by atoms with Crippen LogP contribution in [0.15, 0.2) is 47.6 Å². The molecule has 5 nitrogen and oxygen atoms in total. The third kappa shape index (κ3) is 2.74. The summed E-state index contributed by atoms with van der Waals surface area (Å²) in [5, 5.41) is 0.514. The molecule has 3 aromatic rings. The van der Waals surface area contributed by atoms with E-state index >= 15 is 0 Å². The van der Waals surface area contributed by atoms with E-state index in [0.717, 1.165) is 36.1 Å². The van der Waals surface area contributed by atoms with Gasteiger partial charge in [0, 0.05) is 43.1 Å². The molecule has 176 valence electrons. The van der Waals surface area contributed by atoms with Crippen molar-refractivity contribution in [1.82, 2.24) is 4.98 Å². The highest BCUT2D eigenvalue weighted by Gasteiger charge is 2.59. The monoisotopic (exact) mass is 466 g/mol. The number of benzene rings is 2. The Hall–Kier alpha value is -3.29. The van der Waals surface area contributed by atoms with Crippen molar-refractivity contribution in [1.29, 1.82) is 0 Å². The van der Waals surface area contributed by atoms with Gasteiger partial charge >= 0.3 is 6.18 Å². The highest BCUT2D eigenvalue weighted by atomic mass is 19.4. The maximum atomic E-state index is 13.9. The summed E-state index contributed by atoms with van der Waals surface area (Å²) >= 11 is 0. The first-order valence-electron chi connectivity index (χ1n) is 11.5. The number of aromatic nitrogens is 1. The van der Waals surface area contributed by atoms with Crippen LogP contribution in [-0.4, -0.2) is 37.1 Å². The van der Waals surface area contributed by atoms with Crippen molar-refractivity contribution in [3.8, 4) is 5.75 Å². The zero-order valence-electron chi connectivity index (χ0n) is 19.3. The standard InChI is InChI=1S/C26H25F3N4O/c1-24(2)18-9-8-16(33-11-4-5-12-33)13-21(18)32(3)25(24)15-31-22-19(26(27,28)29)14-20-17(23(22)34-25)7-6-10-30-20/h6-10,13-15H,4-5,11-12H2,1-3H3. The first kappa shape index (κ1) is 21.3. The molecule has 1 aromatic heterocycles. The Labute approximate surface area is 195 Å². The van der Waals surface area contributed by atoms with Crippen molar-refractivity contribution in [2.24, 2.45) is 4.99 Å². The zero-order chi connectivity index (χ0) is 23.9. The quantitative estimate of drug-likeness (QED) is 0.436. The van der Waals surface area contributed by atoms with Gasteiger partial charge in [0.2, 0.25) is 5.72 Å². The summed E-state index contributed by atoms with van der Waals surface area (Å²) in [5.74, 6) is 0.118. The van der Waals surface area contributed by atoms with Crippen LogP contribution in [0.1, 0.15) is 37.8 Å². The van der Waals surface area contributed by atoms with E-state index in [1.165, 1.54) is 19.0 Å². The molecular formula is C26H25F3N4O. The van der Waals surface area contributed by atoms with Crippen molar-refractivity contribution >= 4 is 34.2 Å². The van der Waals surface area contributed by atoms with Gasteiger partial charge in [0.05, 0.1) is 22.7 Å². The van der Waals surface area contributed by atoms with E-state index in [-0.39, 0.29) is 17.0 Å². The van der Waals surface area contributed by atoms with Crippen molar-refractivity contribution in [2.45, 2.75) is 44.0 Å². The molecule has 1 fully saturated rings. The summed E-state index contributed by atoms with van der Waals surface area (Å²) in [6, 6.07) is 10.9. The van der Waals surface area contributed by atoms with E-state index in [9.17, 15) is 13.2 Å². The minimum absolute atomic E-state index is 0.118. The lowest BCUT2D eigenvalue weighted by atomic mass is 9.77. The molecule has 1 unspecified atom stereocenters. The highest BCUT2D eigenvalue weighted by molar-refractivity contribution is 5.97. The number of nitrogens with zero attached hydrogens (tertiary/aromatic N) is 4. The summed E-state index contributed by atoms with van der Waals surface area (Å²) in [5.41, 5.74) is 0.750. The number of aliphatic imine (C=N–C) groups is 1. The minimum Gasteiger partial charge on any atom is -0.459 e. The van der Waals surface area contributed by atoms with Gasteiger partial charge in [-0.05, 0) is 62.6 Å². The minimum atomic E-state index is -4.58. The van der Waals surface area contributed by atoms with E-state index < -0.39 is 22.9 Å². The van der Waals surface area contributed by atoms with Crippen molar-refractivity contribution in [3.05, 3.63) is 53.7 Å². The molecule has 1 atom stereocenters. The number of ether oxygens (including phenoxy) is 1. The second-order valence-corrected chi connectivity index (χ2v) is 9.81. The fraction of sp³-hybridized carbons (Fsp3) is 0.385. The molecule has 0 bridgehead atoms. The number of anilines is 2. The van der Waals surface area contributed by atoms with Crippen LogP contribution in [0.5, 0.6) is 5.75 Å². The first-order chi connectivity index (χ1) is 16.1. The molecule has 0 N–H and O–H groups in total. The molecule has 6 rings (SSSR count). The van der Waals surface area contributed by atoms with Crippen LogP contribution in [-0.2, 0) is 11.6 Å². The lowest BCUT2D eigenvalue weighted by molar-refractivity contribution is -0.137. The van der Waals surface area contributed by atoms with Crippen LogP contribution in [0.2, 0.25) is 0 Å². The Morgan fingerprint density at radius 2 is 1.82 bits per heavy atom. The number of alkyl halides is 3. The van der Waals surface area contributed by atoms with Gasteiger partial charge in [-0.25, -0.2) is 0 Å². The first-order valence-corrected chi connectivity index (χ1v) is 11.5. The average Bonchev–Trinajstić information content (AvgIpc) is 3.40. The van der Waals surface area contributed by atoms with Gasteiger partial charge < -0.3 is 14.5 Å². The molecule has 1 spiro atoms. The topological polar surface area (TPSA) is 41.0 Å². The van der Waals surface area contributed by atoms with Crippen molar-refractivity contribution in [2.75, 3.05) is 29.9 Å². The normalized spacial score (nSPS) is 22.9. The number of fused-ring (bicyclic) bond motifs is 4. The van der Waals surface area contributed by atoms with Crippen LogP contribution in [0.25, 0.3) is 10.9 Å². The van der Waals surface area contributed by atoms with E-state index in [2.05, 4.69) is 46.9 Å². The lowest BCUT2D eigenvalue weighted by Gasteiger charge is -2.45. The van der Waals surface area contributed by atoms with Crippen LogP contribution >= 0.6 is 0 Å². The Kier molecular flexibility index (Phi) is 4.29. The summed E-state index contributed by atoms with van der Waals surface area (Å²) in [6.45, 7) is 6.16. The third-order valence-electron chi connectivity index (χ3n) is 7.65. The number of rotatable bonds is 1. The number of hydrogen-bond acceptors (Lipinski definition) is 5. The molecular weight excluding hydrogens is 441 g/mol. The maximum Gasteiger partial charge on any atom is 0.418 e. The summed E-state index contributed by atoms with van der Waals surface area (Å²) in [4.78, 5) is 13.0. The smallest absolute Gasteiger partial charge is 0.418 e. The van der Waals surface area contributed by atoms with Gasteiger partial charge in [-0.15, -0.1) is 0 Å². The summed E-state index contributed by atoms with van der Waals surface area (Å²) in [7, 11) is 1.92. The molecule has 4 heterocycles. The van der Waals surface area contributed by atoms with Gasteiger partial charge in [-0.3, -0.25) is 9.98 Å². The highest BCUT2D eigenvalue weighted by Crippen LogP contribution is 2.56. The molecule has 0 saturated carbocycles. The largest absolute Gasteiger partial charge is 0.459 e. The molecule has 34 heavy (non-hydrogen) atoms. The fourth-order valence-electron chi connectivity index (χ4n) is 5.69. The summed E-state index contributed by atoms with van der Waals surface area (Å²) in [6.07, 6.45) is 0.807. The number of halogens is 3. The van der Waals surface area contributed by atoms with Gasteiger partial charge in [-0.2, -0.15) is 13.2 Å². The second-order valence-electron chi connectivity index (χ2n) is 9.81. The van der Waals surface area contributed by atoms with Crippen molar-refractivity contribution < 1.29 is 17.9 Å². The van der Waals surface area contributed by atoms with Gasteiger partial charge in [-0.1, -0.05) is 6.07 Å². The van der Waals surface area contributed by atoms with E-state index in [1.807, 2.05) is 11.9 Å². The average molecular weight is 467 g/mol. The molecule has 0 radical (unpaired) electrons. The molecule has 8 heteroatoms. The number of pyridine rings is 1. The molecule has 0 aliphatic carbocycles. The van der Waals surface area contributed by atoms with Crippen LogP contribution in [0, 0.1) is 0 Å². The van der Waals surface area contributed by atoms with Gasteiger partial charge in [0.1, 0.15) is 5.69 Å². The second kappa shape index (κ2) is 6.87. The van der Waals surface area contributed by atoms with Crippen LogP contribution < -0.4 is 14.5 Å². The van der Waals surface area contributed by atoms with E-state index in [1.54, 1.807) is 18.3 Å². The Morgan fingerprint density at radius 1 is 1.06 bits per heavy atom. The van der Waals surface area contributed by atoms with Gasteiger partial charge in [0.15, 0.2) is 5.75 Å². The van der Waals surface area contributed by atoms with Crippen LogP contribution in [0.3, 0.4) is 0 Å². The number of likely N-dealkylation sites (N-methyl/N-ethyl adjacent to an activating group) is 1. The van der Waals surface area contributed by atoms with E-state index in [0.29, 0.717) is 5.39 Å².